The van der Waals surface area contributed by atoms with Gasteiger partial charge in [-0.3, -0.25) is 4.79 Å². The lowest BCUT2D eigenvalue weighted by molar-refractivity contribution is -0.142. The number of hydrogen-bond acceptors (Lipinski definition) is 4. The molecule has 1 heterocycles. The van der Waals surface area contributed by atoms with Gasteiger partial charge in [0.25, 0.3) is 0 Å². The summed E-state index contributed by atoms with van der Waals surface area (Å²) in [4.78, 5) is 14.8. The molecule has 2 aromatic rings. The summed E-state index contributed by atoms with van der Waals surface area (Å²) in [5.74, 6) is -0.318. The lowest BCUT2D eigenvalue weighted by Crippen LogP contribution is -2.24. The number of fused-ring (bicyclic) bond motifs is 2. The minimum absolute atomic E-state index is 0.204. The quantitative estimate of drug-likeness (QED) is 0.801. The minimum Gasteiger partial charge on any atom is -0.461 e. The molecule has 0 bridgehead atoms. The highest BCUT2D eigenvalue weighted by atomic mass is 32.2. The third kappa shape index (κ3) is 3.01. The van der Waals surface area contributed by atoms with Crippen molar-refractivity contribution in [3.8, 4) is 0 Å². The van der Waals surface area contributed by atoms with Gasteiger partial charge < -0.3 is 9.64 Å². The Morgan fingerprint density at radius 2 is 1.87 bits per heavy atom. The summed E-state index contributed by atoms with van der Waals surface area (Å²) in [5, 5.41) is 0. The third-order valence-electron chi connectivity index (χ3n) is 3.76. The average molecular weight is 329 g/mol. The Balaban J connectivity index is 2.04. The van der Waals surface area contributed by atoms with Gasteiger partial charge in [-0.1, -0.05) is 25.1 Å². The van der Waals surface area contributed by atoms with Crippen LogP contribution in [0.2, 0.25) is 0 Å². The fourth-order valence-corrected chi connectivity index (χ4v) is 4.19. The summed E-state index contributed by atoms with van der Waals surface area (Å²) in [6, 6.07) is 13.6. The average Bonchev–Trinajstić information content (AvgIpc) is 2.56. The maximum Gasteiger partial charge on any atom is 0.302 e. The van der Waals surface area contributed by atoms with Crippen LogP contribution in [-0.2, 0) is 26.9 Å². The van der Waals surface area contributed by atoms with Gasteiger partial charge in [-0.05, 0) is 36.2 Å². The van der Waals surface area contributed by atoms with Crippen molar-refractivity contribution in [1.29, 1.82) is 0 Å². The van der Waals surface area contributed by atoms with Crippen molar-refractivity contribution in [2.24, 2.45) is 0 Å². The largest absolute Gasteiger partial charge is 0.461 e. The van der Waals surface area contributed by atoms with Crippen molar-refractivity contribution in [2.45, 2.75) is 36.7 Å². The maximum absolute atomic E-state index is 12.9. The number of anilines is 2. The highest BCUT2D eigenvalue weighted by Crippen LogP contribution is 2.42. The predicted molar refractivity (Wildman–Crippen MR) is 90.3 cm³/mol. The molecule has 0 aliphatic carbocycles. The van der Waals surface area contributed by atoms with E-state index in [4.69, 9.17) is 4.74 Å². The molecule has 0 aromatic heterocycles. The third-order valence-corrected chi connectivity index (χ3v) is 5.23. The van der Waals surface area contributed by atoms with Crippen LogP contribution in [0.25, 0.3) is 0 Å². The second-order valence-electron chi connectivity index (χ2n) is 5.47. The van der Waals surface area contributed by atoms with Gasteiger partial charge in [0.2, 0.25) is 0 Å². The van der Waals surface area contributed by atoms with Crippen LogP contribution in [0.15, 0.2) is 52.3 Å². The normalized spacial score (nSPS) is 15.7. The van der Waals surface area contributed by atoms with E-state index in [1.165, 1.54) is 6.92 Å². The van der Waals surface area contributed by atoms with Gasteiger partial charge in [0.05, 0.1) is 32.0 Å². The van der Waals surface area contributed by atoms with Crippen molar-refractivity contribution in [2.75, 3.05) is 11.4 Å². The van der Waals surface area contributed by atoms with Crippen molar-refractivity contribution >= 4 is 28.1 Å². The van der Waals surface area contributed by atoms with Crippen LogP contribution in [0.3, 0.4) is 0 Å². The Kier molecular flexibility index (Phi) is 4.48. The number of rotatable bonds is 4. The smallest absolute Gasteiger partial charge is 0.302 e. The molecular formula is C18H19NO3S. The number of para-hydroxylation sites is 1. The minimum atomic E-state index is -1.22. The first-order chi connectivity index (χ1) is 11.1. The van der Waals surface area contributed by atoms with Crippen LogP contribution in [0.4, 0.5) is 11.4 Å². The van der Waals surface area contributed by atoms with Crippen LogP contribution < -0.4 is 4.90 Å². The summed E-state index contributed by atoms with van der Waals surface area (Å²) in [6.07, 6.45) is 0.996. The van der Waals surface area contributed by atoms with Crippen LogP contribution >= 0.6 is 0 Å². The predicted octanol–water partition coefficient (Wildman–Crippen LogP) is 3.78. The fourth-order valence-electron chi connectivity index (χ4n) is 2.75. The maximum atomic E-state index is 12.9. The monoisotopic (exact) mass is 329 g/mol. The lowest BCUT2D eigenvalue weighted by atomic mass is 10.1. The molecule has 1 atom stereocenters. The van der Waals surface area contributed by atoms with Gasteiger partial charge >= 0.3 is 5.97 Å². The number of nitrogens with zero attached hydrogens (tertiary/aromatic N) is 1. The highest BCUT2D eigenvalue weighted by Gasteiger charge is 2.27. The van der Waals surface area contributed by atoms with E-state index in [1.807, 2.05) is 42.5 Å². The first-order valence-electron chi connectivity index (χ1n) is 7.66. The molecule has 0 N–H and O–H groups in total. The van der Waals surface area contributed by atoms with Gasteiger partial charge in [0, 0.05) is 13.5 Å². The highest BCUT2D eigenvalue weighted by molar-refractivity contribution is 7.85. The van der Waals surface area contributed by atoms with E-state index in [0.29, 0.717) is 0 Å². The van der Waals surface area contributed by atoms with Crippen molar-refractivity contribution < 1.29 is 13.7 Å². The molecular weight excluding hydrogens is 310 g/mol. The molecule has 23 heavy (non-hydrogen) atoms. The first-order valence-corrected chi connectivity index (χ1v) is 8.81. The molecule has 1 aliphatic heterocycles. The SMILES string of the molecule is CCCN1c2ccccc2S(=O)c2cc(COC(C)=O)ccc21. The summed E-state index contributed by atoms with van der Waals surface area (Å²) in [7, 11) is -1.22. The number of carbonyl (C=O) groups is 1. The van der Waals surface area contributed by atoms with Gasteiger partial charge in [-0.25, -0.2) is 4.21 Å². The van der Waals surface area contributed by atoms with E-state index in [2.05, 4.69) is 11.8 Å². The number of hydrogen-bond donors (Lipinski definition) is 0. The Hall–Kier alpha value is -2.14. The summed E-state index contributed by atoms with van der Waals surface area (Å²) < 4.78 is 18.0. The van der Waals surface area contributed by atoms with Gasteiger partial charge in [0.1, 0.15) is 6.61 Å². The van der Waals surface area contributed by atoms with Crippen LogP contribution in [-0.4, -0.2) is 16.7 Å². The molecule has 2 aromatic carbocycles. The van der Waals surface area contributed by atoms with Crippen molar-refractivity contribution in [3.63, 3.8) is 0 Å². The van der Waals surface area contributed by atoms with E-state index < -0.39 is 10.8 Å². The van der Waals surface area contributed by atoms with E-state index in [9.17, 15) is 9.00 Å². The zero-order valence-corrected chi connectivity index (χ0v) is 14.1. The topological polar surface area (TPSA) is 46.6 Å². The van der Waals surface area contributed by atoms with E-state index in [1.54, 1.807) is 0 Å². The Bertz CT molecular complexity index is 773. The molecule has 0 spiro atoms. The second-order valence-corrected chi connectivity index (χ2v) is 6.89. The Labute approximate surface area is 138 Å². The van der Waals surface area contributed by atoms with Gasteiger partial charge in [-0.15, -0.1) is 0 Å². The van der Waals surface area contributed by atoms with Crippen LogP contribution in [0.1, 0.15) is 25.8 Å². The molecule has 0 radical (unpaired) electrons. The summed E-state index contributed by atoms with van der Waals surface area (Å²) in [5.41, 5.74) is 2.83. The Morgan fingerprint density at radius 1 is 1.13 bits per heavy atom. The van der Waals surface area contributed by atoms with Gasteiger partial charge in [-0.2, -0.15) is 0 Å². The lowest BCUT2D eigenvalue weighted by Gasteiger charge is -2.32. The number of carbonyl (C=O) groups excluding carboxylic acids is 1. The summed E-state index contributed by atoms with van der Waals surface area (Å²) >= 11 is 0. The molecule has 0 saturated carbocycles. The molecule has 1 unspecified atom stereocenters. The van der Waals surface area contributed by atoms with E-state index in [0.717, 1.165) is 39.7 Å². The van der Waals surface area contributed by atoms with Crippen molar-refractivity contribution in [3.05, 3.63) is 48.0 Å². The molecule has 3 rings (SSSR count). The van der Waals surface area contributed by atoms with Crippen LogP contribution in [0, 0.1) is 0 Å². The standard InChI is InChI=1S/C18H19NO3S/c1-3-10-19-15-6-4-5-7-17(15)23(21)18-11-14(8-9-16(18)19)12-22-13(2)20/h4-9,11H,3,10,12H2,1-2H3. The zero-order chi connectivity index (χ0) is 16.4. The molecule has 0 amide bonds. The van der Waals surface area contributed by atoms with Crippen LogP contribution in [0.5, 0.6) is 0 Å². The molecule has 5 heteroatoms. The van der Waals surface area contributed by atoms with E-state index in [-0.39, 0.29) is 12.6 Å². The number of esters is 1. The van der Waals surface area contributed by atoms with Crippen molar-refractivity contribution in [1.82, 2.24) is 0 Å². The molecule has 1 aliphatic rings. The number of ether oxygens (including phenoxy) is 1. The zero-order valence-electron chi connectivity index (χ0n) is 13.2. The summed E-state index contributed by atoms with van der Waals surface area (Å²) in [6.45, 7) is 4.58. The first kappa shape index (κ1) is 15.7. The Morgan fingerprint density at radius 3 is 2.61 bits per heavy atom. The van der Waals surface area contributed by atoms with E-state index >= 15 is 0 Å². The molecule has 0 saturated heterocycles. The fraction of sp³-hybridized carbons (Fsp3) is 0.278. The number of benzene rings is 2. The molecule has 0 fully saturated rings. The van der Waals surface area contributed by atoms with Gasteiger partial charge in [0.15, 0.2) is 0 Å². The molecule has 120 valence electrons. The second kappa shape index (κ2) is 6.54. The molecule has 4 nitrogen and oxygen atoms in total.